The SMILES string of the molecule is N[C@@H](CC(=O)N[C@@H]1Cc2cccnc2NC1=O)Cc1ccccc1F.N[C@@H](CC(=O)N[C@H]1Cc2cccnc2NC1=O)Cc1ccccc1F. The third-order valence-corrected chi connectivity index (χ3v) is 8.19. The molecule has 2 aliphatic rings. The summed E-state index contributed by atoms with van der Waals surface area (Å²) in [5.74, 6) is -0.913. The number of nitrogens with two attached hydrogens (primary N) is 2. The third kappa shape index (κ3) is 9.74. The molecule has 0 aliphatic carbocycles. The summed E-state index contributed by atoms with van der Waals surface area (Å²) >= 11 is 0. The van der Waals surface area contributed by atoms with Gasteiger partial charge in [-0.05, 0) is 59.4 Å². The Morgan fingerprint density at radius 1 is 0.680 bits per heavy atom. The van der Waals surface area contributed by atoms with Gasteiger partial charge in [-0.3, -0.25) is 19.2 Å². The van der Waals surface area contributed by atoms with Crippen molar-refractivity contribution in [3.8, 4) is 0 Å². The number of nitrogens with zero attached hydrogens (tertiary/aromatic N) is 2. The van der Waals surface area contributed by atoms with Crippen LogP contribution in [0.15, 0.2) is 85.2 Å². The maximum Gasteiger partial charge on any atom is 0.248 e. The second-order valence-electron chi connectivity index (χ2n) is 12.2. The Kier molecular flexibility index (Phi) is 11.9. The molecule has 0 saturated heterocycles. The first-order chi connectivity index (χ1) is 24.0. The van der Waals surface area contributed by atoms with Crippen LogP contribution in [0.4, 0.5) is 20.4 Å². The van der Waals surface area contributed by atoms with Crippen LogP contribution in [-0.2, 0) is 44.9 Å². The smallest absolute Gasteiger partial charge is 0.248 e. The predicted octanol–water partition coefficient (Wildman–Crippen LogP) is 2.32. The molecule has 2 aromatic heterocycles. The van der Waals surface area contributed by atoms with E-state index in [1.54, 1.807) is 60.9 Å². The maximum atomic E-state index is 13.6. The molecule has 12 nitrogen and oxygen atoms in total. The molecule has 260 valence electrons. The van der Waals surface area contributed by atoms with Gasteiger partial charge in [-0.1, -0.05) is 48.5 Å². The number of pyridine rings is 2. The number of benzene rings is 2. The van der Waals surface area contributed by atoms with Gasteiger partial charge in [0, 0.05) is 50.2 Å². The van der Waals surface area contributed by atoms with Gasteiger partial charge in [-0.25, -0.2) is 18.7 Å². The molecule has 0 spiro atoms. The predicted molar refractivity (Wildman–Crippen MR) is 182 cm³/mol. The molecule has 0 fully saturated rings. The van der Waals surface area contributed by atoms with Crippen molar-refractivity contribution in [3.63, 3.8) is 0 Å². The Balaban J connectivity index is 0.000000194. The lowest BCUT2D eigenvalue weighted by molar-refractivity contribution is -0.127. The molecular formula is C36H38F2N8O4. The zero-order valence-corrected chi connectivity index (χ0v) is 27.1. The van der Waals surface area contributed by atoms with Crippen LogP contribution < -0.4 is 32.7 Å². The van der Waals surface area contributed by atoms with Crippen LogP contribution in [0.3, 0.4) is 0 Å². The summed E-state index contributed by atoms with van der Waals surface area (Å²) in [5.41, 5.74) is 14.6. The molecule has 4 amide bonds. The highest BCUT2D eigenvalue weighted by atomic mass is 19.1. The molecular weight excluding hydrogens is 646 g/mol. The monoisotopic (exact) mass is 684 g/mol. The lowest BCUT2D eigenvalue weighted by Crippen LogP contribution is -2.49. The van der Waals surface area contributed by atoms with Gasteiger partial charge in [-0.2, -0.15) is 0 Å². The summed E-state index contributed by atoms with van der Waals surface area (Å²) in [6.45, 7) is 0. The van der Waals surface area contributed by atoms with Crippen LogP contribution in [0.5, 0.6) is 0 Å². The van der Waals surface area contributed by atoms with E-state index in [0.29, 0.717) is 35.6 Å². The number of amides is 4. The molecule has 4 atom stereocenters. The number of aromatic nitrogens is 2. The molecule has 0 bridgehead atoms. The number of nitrogens with one attached hydrogen (secondary N) is 4. The average molecular weight is 685 g/mol. The zero-order chi connectivity index (χ0) is 35.6. The van der Waals surface area contributed by atoms with E-state index >= 15 is 0 Å². The fourth-order valence-corrected chi connectivity index (χ4v) is 5.72. The second-order valence-corrected chi connectivity index (χ2v) is 12.2. The number of hydrogen-bond donors (Lipinski definition) is 6. The van der Waals surface area contributed by atoms with E-state index in [-0.39, 0.29) is 60.9 Å². The van der Waals surface area contributed by atoms with E-state index in [1.807, 2.05) is 12.1 Å². The molecule has 14 heteroatoms. The van der Waals surface area contributed by atoms with Crippen molar-refractivity contribution in [3.05, 3.63) is 119 Å². The van der Waals surface area contributed by atoms with Crippen molar-refractivity contribution in [1.82, 2.24) is 20.6 Å². The lowest BCUT2D eigenvalue weighted by atomic mass is 10.0. The summed E-state index contributed by atoms with van der Waals surface area (Å²) in [7, 11) is 0. The summed E-state index contributed by atoms with van der Waals surface area (Å²) in [5, 5.41) is 10.7. The fourth-order valence-electron chi connectivity index (χ4n) is 5.72. The van der Waals surface area contributed by atoms with E-state index in [9.17, 15) is 28.0 Å². The first kappa shape index (κ1) is 35.7. The van der Waals surface area contributed by atoms with Crippen molar-refractivity contribution in [2.24, 2.45) is 11.5 Å². The van der Waals surface area contributed by atoms with Crippen molar-refractivity contribution < 1.29 is 28.0 Å². The minimum atomic E-state index is -0.662. The molecule has 0 radical (unpaired) electrons. The molecule has 50 heavy (non-hydrogen) atoms. The number of carbonyl (C=O) groups excluding carboxylic acids is 4. The van der Waals surface area contributed by atoms with E-state index in [2.05, 4.69) is 31.2 Å². The highest BCUT2D eigenvalue weighted by Gasteiger charge is 2.29. The topological polar surface area (TPSA) is 194 Å². The number of fused-ring (bicyclic) bond motifs is 2. The van der Waals surface area contributed by atoms with Crippen LogP contribution in [0.2, 0.25) is 0 Å². The maximum absolute atomic E-state index is 13.6. The van der Waals surface area contributed by atoms with E-state index in [0.717, 1.165) is 11.1 Å². The number of hydrogen-bond acceptors (Lipinski definition) is 8. The number of halogens is 2. The first-order valence-corrected chi connectivity index (χ1v) is 16.1. The van der Waals surface area contributed by atoms with E-state index in [4.69, 9.17) is 11.5 Å². The van der Waals surface area contributed by atoms with Crippen LogP contribution in [0.1, 0.15) is 35.1 Å². The molecule has 6 rings (SSSR count). The Bertz CT molecular complexity index is 1730. The van der Waals surface area contributed by atoms with Crippen LogP contribution in [0.25, 0.3) is 0 Å². The third-order valence-electron chi connectivity index (χ3n) is 8.19. The van der Waals surface area contributed by atoms with Gasteiger partial charge in [0.15, 0.2) is 0 Å². The van der Waals surface area contributed by atoms with Gasteiger partial charge in [-0.15, -0.1) is 0 Å². The van der Waals surface area contributed by atoms with Gasteiger partial charge in [0.05, 0.1) is 0 Å². The minimum absolute atomic E-state index is 0.0119. The molecule has 2 aliphatic heterocycles. The number of rotatable bonds is 10. The molecule has 8 N–H and O–H groups in total. The van der Waals surface area contributed by atoms with E-state index in [1.165, 1.54) is 12.1 Å². The summed E-state index contributed by atoms with van der Waals surface area (Å²) in [6, 6.07) is 17.5. The molecule has 4 heterocycles. The average Bonchev–Trinajstić information content (AvgIpc) is 3.07. The Labute approximate surface area is 287 Å². The quantitative estimate of drug-likeness (QED) is 0.146. The Morgan fingerprint density at radius 2 is 1.08 bits per heavy atom. The number of anilines is 2. The van der Waals surface area contributed by atoms with Crippen molar-refractivity contribution in [1.29, 1.82) is 0 Å². The highest BCUT2D eigenvalue weighted by molar-refractivity contribution is 6.00. The standard InChI is InChI=1S/2C18H19FN4O2/c2*19-14-6-2-1-4-11(14)8-13(20)10-16(24)22-15-9-12-5-3-7-21-17(12)23-18(15)25/h2*1-7,13,15H,8-10,20H2,(H,22,24)(H,21,23,25)/t13-,15+;13-,15-/m11/s1. The minimum Gasteiger partial charge on any atom is -0.344 e. The molecule has 0 saturated carbocycles. The normalized spacial score (nSPS) is 17.4. The largest absolute Gasteiger partial charge is 0.344 e. The van der Waals surface area contributed by atoms with Crippen molar-refractivity contribution in [2.45, 2.75) is 62.7 Å². The van der Waals surface area contributed by atoms with Gasteiger partial charge >= 0.3 is 0 Å². The molecule has 0 unspecified atom stereocenters. The van der Waals surface area contributed by atoms with Crippen molar-refractivity contribution >= 4 is 35.3 Å². The summed E-state index contributed by atoms with van der Waals surface area (Å²) in [6.07, 6.45) is 4.48. The Hall–Kier alpha value is -5.60. The van der Waals surface area contributed by atoms with Gasteiger partial charge in [0.1, 0.15) is 35.4 Å². The fraction of sp³-hybridized carbons (Fsp3) is 0.278. The lowest BCUT2D eigenvalue weighted by Gasteiger charge is -2.25. The van der Waals surface area contributed by atoms with Gasteiger partial charge < -0.3 is 32.7 Å². The highest BCUT2D eigenvalue weighted by Crippen LogP contribution is 2.21. The first-order valence-electron chi connectivity index (χ1n) is 16.1. The van der Waals surface area contributed by atoms with Gasteiger partial charge in [0.25, 0.3) is 0 Å². The zero-order valence-electron chi connectivity index (χ0n) is 27.1. The van der Waals surface area contributed by atoms with Crippen LogP contribution >= 0.6 is 0 Å². The summed E-state index contributed by atoms with van der Waals surface area (Å²) < 4.78 is 27.3. The molecule has 2 aromatic carbocycles. The second kappa shape index (κ2) is 16.7. The van der Waals surface area contributed by atoms with Crippen LogP contribution in [0, 0.1) is 11.6 Å². The van der Waals surface area contributed by atoms with Gasteiger partial charge in [0.2, 0.25) is 23.6 Å². The van der Waals surface area contributed by atoms with Crippen molar-refractivity contribution in [2.75, 3.05) is 10.6 Å². The number of carbonyl (C=O) groups is 4. The Morgan fingerprint density at radius 3 is 1.48 bits per heavy atom. The summed E-state index contributed by atoms with van der Waals surface area (Å²) in [4.78, 5) is 56.7. The van der Waals surface area contributed by atoms with Crippen LogP contribution in [-0.4, -0.2) is 57.8 Å². The molecule has 4 aromatic rings. The van der Waals surface area contributed by atoms with E-state index < -0.39 is 24.2 Å².